The molecule has 1 aromatic heterocycles. The second-order valence-corrected chi connectivity index (χ2v) is 9.95. The molecule has 0 atom stereocenters. The van der Waals surface area contributed by atoms with Gasteiger partial charge in [0.15, 0.2) is 9.87 Å². The standard InChI is InChI=1S/C24H25BN2O4S/c25-32(29,30)26-24(28)17-11-12-18-20(15-17)27-13-6-14-31-21-10-5-4-9-19(21)23(27)22(18)16-7-2-1-3-8-16/h4-5,9-12,15-16H,1-3,6-8,13-14H2,(H,26,28). The van der Waals surface area contributed by atoms with Crippen molar-refractivity contribution in [2.45, 2.75) is 51.0 Å². The number of para-hydroxylation sites is 1. The summed E-state index contributed by atoms with van der Waals surface area (Å²) in [5.74, 6) is 0.596. The third-order valence-electron chi connectivity index (χ3n) is 6.54. The molecule has 2 radical (unpaired) electrons. The molecule has 3 aromatic rings. The normalized spacial score (nSPS) is 17.0. The van der Waals surface area contributed by atoms with E-state index < -0.39 is 15.8 Å². The second-order valence-electron chi connectivity index (χ2n) is 8.66. The molecular weight excluding hydrogens is 423 g/mol. The minimum Gasteiger partial charge on any atom is -0.493 e. The highest BCUT2D eigenvalue weighted by atomic mass is 32.2. The molecule has 164 valence electrons. The Labute approximate surface area is 189 Å². The van der Waals surface area contributed by atoms with Gasteiger partial charge in [0.05, 0.1) is 12.3 Å². The fourth-order valence-corrected chi connectivity index (χ4v) is 5.60. The number of benzene rings is 2. The Hall–Kier alpha value is -2.74. The van der Waals surface area contributed by atoms with Crippen LogP contribution < -0.4 is 9.46 Å². The van der Waals surface area contributed by atoms with Gasteiger partial charge >= 0.3 is 0 Å². The molecule has 6 nitrogen and oxygen atoms in total. The van der Waals surface area contributed by atoms with Crippen molar-refractivity contribution >= 4 is 33.8 Å². The van der Waals surface area contributed by atoms with Gasteiger partial charge in [-0.2, -0.15) is 0 Å². The quantitative estimate of drug-likeness (QED) is 0.607. The molecule has 1 aliphatic carbocycles. The van der Waals surface area contributed by atoms with E-state index in [-0.39, 0.29) is 5.56 Å². The smallest absolute Gasteiger partial charge is 0.285 e. The summed E-state index contributed by atoms with van der Waals surface area (Å²) in [5, 5.41) is 1.12. The van der Waals surface area contributed by atoms with E-state index in [9.17, 15) is 13.2 Å². The molecule has 32 heavy (non-hydrogen) atoms. The first kappa shape index (κ1) is 21.1. The summed E-state index contributed by atoms with van der Waals surface area (Å²) in [4.78, 5) is 12.5. The number of fused-ring (bicyclic) bond motifs is 5. The van der Waals surface area contributed by atoms with Crippen LogP contribution in [0.1, 0.15) is 60.4 Å². The highest BCUT2D eigenvalue weighted by Gasteiger charge is 2.29. The molecule has 1 saturated carbocycles. The first-order chi connectivity index (χ1) is 15.4. The van der Waals surface area contributed by atoms with Crippen molar-refractivity contribution in [2.75, 3.05) is 6.61 Å². The van der Waals surface area contributed by atoms with E-state index in [0.29, 0.717) is 12.5 Å². The lowest BCUT2D eigenvalue weighted by Gasteiger charge is -2.25. The van der Waals surface area contributed by atoms with Gasteiger partial charge in [0.2, 0.25) is 0 Å². The lowest BCUT2D eigenvalue weighted by Crippen LogP contribution is -2.30. The predicted octanol–water partition coefficient (Wildman–Crippen LogP) is 4.28. The zero-order valence-electron chi connectivity index (χ0n) is 17.8. The van der Waals surface area contributed by atoms with Crippen molar-refractivity contribution in [1.29, 1.82) is 0 Å². The lowest BCUT2D eigenvalue weighted by atomic mass is 9.81. The van der Waals surface area contributed by atoms with E-state index in [0.717, 1.165) is 53.7 Å². The number of nitrogens with zero attached hydrogens (tertiary/aromatic N) is 1. The Kier molecular flexibility index (Phi) is 5.49. The van der Waals surface area contributed by atoms with E-state index in [4.69, 9.17) is 11.9 Å². The van der Waals surface area contributed by atoms with Crippen LogP contribution in [-0.4, -0.2) is 32.6 Å². The number of amides is 1. The first-order valence-corrected chi connectivity index (χ1v) is 12.7. The Bertz CT molecular complexity index is 1290. The van der Waals surface area contributed by atoms with Crippen LogP contribution in [0.2, 0.25) is 0 Å². The van der Waals surface area contributed by atoms with E-state index in [1.54, 1.807) is 12.1 Å². The summed E-state index contributed by atoms with van der Waals surface area (Å²) < 4.78 is 33.0. The molecule has 2 aromatic carbocycles. The van der Waals surface area contributed by atoms with E-state index >= 15 is 0 Å². The lowest BCUT2D eigenvalue weighted by molar-refractivity contribution is 0.0982. The number of ether oxygens (including phenoxy) is 1. The number of aromatic nitrogens is 1. The molecular formula is C24H25BN2O4S. The number of hydrogen-bond acceptors (Lipinski definition) is 4. The maximum Gasteiger partial charge on any atom is 0.285 e. The molecule has 0 bridgehead atoms. The van der Waals surface area contributed by atoms with Crippen LogP contribution in [0.15, 0.2) is 42.5 Å². The van der Waals surface area contributed by atoms with Gasteiger partial charge in [-0.25, -0.2) is 8.42 Å². The van der Waals surface area contributed by atoms with Gasteiger partial charge in [-0.15, -0.1) is 0 Å². The van der Waals surface area contributed by atoms with Crippen LogP contribution >= 0.6 is 0 Å². The third kappa shape index (κ3) is 3.92. The Morgan fingerprint density at radius 2 is 1.84 bits per heavy atom. The van der Waals surface area contributed by atoms with Gasteiger partial charge < -0.3 is 9.30 Å². The largest absolute Gasteiger partial charge is 0.493 e. The van der Waals surface area contributed by atoms with Crippen LogP contribution in [-0.2, 0) is 16.4 Å². The van der Waals surface area contributed by atoms with Crippen molar-refractivity contribution in [3.05, 3.63) is 53.6 Å². The summed E-state index contributed by atoms with van der Waals surface area (Å²) in [6, 6.07) is 13.6. The van der Waals surface area contributed by atoms with Gasteiger partial charge in [0.1, 0.15) is 5.75 Å². The maximum absolute atomic E-state index is 12.5. The van der Waals surface area contributed by atoms with Crippen LogP contribution in [0.25, 0.3) is 22.2 Å². The average molecular weight is 448 g/mol. The van der Waals surface area contributed by atoms with Gasteiger partial charge in [-0.3, -0.25) is 9.52 Å². The van der Waals surface area contributed by atoms with Crippen molar-refractivity contribution in [3.63, 3.8) is 0 Å². The Balaban J connectivity index is 1.76. The molecule has 0 spiro atoms. The molecule has 5 rings (SSSR count). The van der Waals surface area contributed by atoms with Crippen LogP contribution in [0.5, 0.6) is 5.75 Å². The number of hydrogen-bond donors (Lipinski definition) is 1. The van der Waals surface area contributed by atoms with E-state index in [1.165, 1.54) is 24.8 Å². The van der Waals surface area contributed by atoms with Gasteiger partial charge in [-0.1, -0.05) is 37.5 Å². The molecule has 8 heteroatoms. The van der Waals surface area contributed by atoms with Crippen molar-refractivity contribution in [1.82, 2.24) is 9.29 Å². The number of nitrogens with one attached hydrogen (secondary N) is 1. The summed E-state index contributed by atoms with van der Waals surface area (Å²) >= 11 is 0. The fraction of sp³-hybridized carbons (Fsp3) is 0.375. The summed E-state index contributed by atoms with van der Waals surface area (Å²) in [7, 11) is 0.884. The topological polar surface area (TPSA) is 77.4 Å². The van der Waals surface area contributed by atoms with Gasteiger partial charge in [0, 0.05) is 28.6 Å². The number of carbonyl (C=O) groups is 1. The molecule has 2 aliphatic rings. The fourth-order valence-electron chi connectivity index (χ4n) is 5.23. The van der Waals surface area contributed by atoms with Crippen LogP contribution in [0.4, 0.5) is 0 Å². The predicted molar refractivity (Wildman–Crippen MR) is 125 cm³/mol. The Morgan fingerprint density at radius 1 is 1.06 bits per heavy atom. The summed E-state index contributed by atoms with van der Waals surface area (Å²) in [6.45, 7) is 1.37. The van der Waals surface area contributed by atoms with Gasteiger partial charge in [0.25, 0.3) is 13.0 Å². The second kappa shape index (κ2) is 8.32. The molecule has 2 heterocycles. The molecule has 0 saturated heterocycles. The molecule has 0 unspecified atom stereocenters. The highest BCUT2D eigenvalue weighted by molar-refractivity contribution is 8.11. The minimum atomic E-state index is -4.13. The number of carbonyl (C=O) groups excluding carboxylic acids is 1. The first-order valence-electron chi connectivity index (χ1n) is 11.2. The SMILES string of the molecule is [B]S(=O)(=O)NC(=O)c1ccc2c(C3CCCCC3)c3n(c2c1)CCCOc1ccccc1-3. The van der Waals surface area contributed by atoms with Crippen molar-refractivity contribution < 1.29 is 17.9 Å². The van der Waals surface area contributed by atoms with Crippen molar-refractivity contribution in [2.24, 2.45) is 0 Å². The third-order valence-corrected chi connectivity index (χ3v) is 7.01. The number of rotatable bonds is 3. The average Bonchev–Trinajstić information content (AvgIpc) is 3.07. The molecule has 1 fully saturated rings. The molecule has 1 aliphatic heterocycles. The van der Waals surface area contributed by atoms with Crippen LogP contribution in [0.3, 0.4) is 0 Å². The zero-order valence-corrected chi connectivity index (χ0v) is 18.7. The van der Waals surface area contributed by atoms with E-state index in [1.807, 2.05) is 29.0 Å². The Morgan fingerprint density at radius 3 is 2.62 bits per heavy atom. The zero-order chi connectivity index (χ0) is 22.3. The summed E-state index contributed by atoms with van der Waals surface area (Å²) in [5.41, 5.74) is 4.76. The maximum atomic E-state index is 12.5. The van der Waals surface area contributed by atoms with Crippen LogP contribution in [0, 0.1) is 0 Å². The highest BCUT2D eigenvalue weighted by Crippen LogP contribution is 2.46. The monoisotopic (exact) mass is 448 g/mol. The van der Waals surface area contributed by atoms with Gasteiger partial charge in [-0.05, 0) is 55.0 Å². The number of aryl methyl sites for hydroxylation is 1. The molecule has 1 amide bonds. The van der Waals surface area contributed by atoms with E-state index in [2.05, 4.69) is 10.6 Å². The van der Waals surface area contributed by atoms with Crippen molar-refractivity contribution in [3.8, 4) is 17.0 Å². The molecule has 1 N–H and O–H groups in total. The minimum absolute atomic E-state index is 0.272. The summed E-state index contributed by atoms with van der Waals surface area (Å²) in [6.07, 6.45) is 6.81.